The van der Waals surface area contributed by atoms with Gasteiger partial charge in [0.05, 0.1) is 5.69 Å². The van der Waals surface area contributed by atoms with E-state index in [0.29, 0.717) is 21.2 Å². The largest absolute Gasteiger partial charge is 0.408 e. The molecule has 0 aliphatic rings. The minimum absolute atomic E-state index is 0.207. The predicted octanol–water partition coefficient (Wildman–Crippen LogP) is 3.72. The molecule has 0 spiro atoms. The van der Waals surface area contributed by atoms with Gasteiger partial charge in [0.1, 0.15) is 22.7 Å². The van der Waals surface area contributed by atoms with Crippen LogP contribution in [0.1, 0.15) is 5.69 Å². The monoisotopic (exact) mass is 327 g/mol. The summed E-state index contributed by atoms with van der Waals surface area (Å²) < 4.78 is 38.4. The lowest BCUT2D eigenvalue weighted by atomic mass is 10.3. The molecule has 17 heavy (non-hydrogen) atoms. The molecule has 2 rings (SSSR count). The Morgan fingerprint density at radius 1 is 1.47 bits per heavy atom. The van der Waals surface area contributed by atoms with Crippen LogP contribution in [0, 0.1) is 6.92 Å². The van der Waals surface area contributed by atoms with Crippen LogP contribution in [0.3, 0.4) is 0 Å². The number of hydrogen-bond donors (Lipinski definition) is 0. The summed E-state index contributed by atoms with van der Waals surface area (Å²) in [4.78, 5) is 3.97. The molecule has 8 heteroatoms. The van der Waals surface area contributed by atoms with Crippen LogP contribution in [0.2, 0.25) is 5.15 Å². The second-order valence-corrected chi connectivity index (χ2v) is 4.72. The highest BCUT2D eigenvalue weighted by molar-refractivity contribution is 9.10. The van der Waals surface area contributed by atoms with Crippen molar-refractivity contribution >= 4 is 38.6 Å². The van der Waals surface area contributed by atoms with Gasteiger partial charge in [0.2, 0.25) is 0 Å². The van der Waals surface area contributed by atoms with Crippen LogP contribution in [0.5, 0.6) is 0 Å². The molecule has 92 valence electrons. The summed E-state index contributed by atoms with van der Waals surface area (Å²) in [5.41, 5.74) is 1.07. The van der Waals surface area contributed by atoms with Gasteiger partial charge in [-0.25, -0.2) is 4.98 Å². The summed E-state index contributed by atoms with van der Waals surface area (Å²) in [5, 5.41) is 4.03. The molecule has 0 radical (unpaired) electrons. The summed E-state index contributed by atoms with van der Waals surface area (Å²) in [5.74, 6) is 0. The van der Waals surface area contributed by atoms with E-state index in [2.05, 4.69) is 26.0 Å². The highest BCUT2D eigenvalue weighted by Crippen LogP contribution is 2.29. The zero-order valence-electron chi connectivity index (χ0n) is 8.52. The molecule has 0 bridgehead atoms. The van der Waals surface area contributed by atoms with Crippen molar-refractivity contribution in [1.29, 1.82) is 0 Å². The van der Waals surface area contributed by atoms with Gasteiger partial charge in [-0.2, -0.15) is 18.3 Å². The summed E-state index contributed by atoms with van der Waals surface area (Å²) in [7, 11) is 0. The second-order valence-electron chi connectivity index (χ2n) is 3.48. The van der Waals surface area contributed by atoms with E-state index < -0.39 is 12.7 Å². The molecule has 0 N–H and O–H groups in total. The van der Waals surface area contributed by atoms with Gasteiger partial charge in [-0.15, -0.1) is 0 Å². The van der Waals surface area contributed by atoms with Crippen molar-refractivity contribution in [1.82, 2.24) is 14.8 Å². The van der Waals surface area contributed by atoms with E-state index in [9.17, 15) is 13.2 Å². The van der Waals surface area contributed by atoms with Crippen LogP contribution >= 0.6 is 27.5 Å². The Hall–Kier alpha value is -0.820. The van der Waals surface area contributed by atoms with Gasteiger partial charge in [-0.3, -0.25) is 4.68 Å². The van der Waals surface area contributed by atoms with Gasteiger partial charge in [-0.1, -0.05) is 11.6 Å². The van der Waals surface area contributed by atoms with E-state index in [1.165, 1.54) is 6.07 Å². The Labute approximate surface area is 108 Å². The highest BCUT2D eigenvalue weighted by Gasteiger charge is 2.30. The normalized spacial score (nSPS) is 12.4. The lowest BCUT2D eigenvalue weighted by Crippen LogP contribution is -2.18. The third-order valence-corrected chi connectivity index (χ3v) is 2.91. The highest BCUT2D eigenvalue weighted by atomic mass is 79.9. The zero-order valence-corrected chi connectivity index (χ0v) is 10.9. The van der Waals surface area contributed by atoms with Gasteiger partial charge in [0.15, 0.2) is 0 Å². The maximum Gasteiger partial charge on any atom is 0.408 e. The third kappa shape index (κ3) is 2.55. The molecular weight excluding hydrogens is 322 g/mol. The number of fused-ring (bicyclic) bond motifs is 1. The molecule has 0 aromatic carbocycles. The second kappa shape index (κ2) is 4.13. The maximum absolute atomic E-state index is 12.4. The fraction of sp³-hybridized carbons (Fsp3) is 0.333. The number of halogens is 5. The Morgan fingerprint density at radius 2 is 2.12 bits per heavy atom. The number of alkyl halides is 3. The van der Waals surface area contributed by atoms with Crippen LogP contribution in [-0.2, 0) is 6.54 Å². The quantitative estimate of drug-likeness (QED) is 0.747. The lowest BCUT2D eigenvalue weighted by Gasteiger charge is -2.08. The van der Waals surface area contributed by atoms with Crippen molar-refractivity contribution in [3.8, 4) is 0 Å². The average molecular weight is 329 g/mol. The number of nitrogens with zero attached hydrogens (tertiary/aromatic N) is 3. The lowest BCUT2D eigenvalue weighted by molar-refractivity contribution is -0.141. The fourth-order valence-electron chi connectivity index (χ4n) is 1.54. The van der Waals surface area contributed by atoms with Crippen molar-refractivity contribution in [2.75, 3.05) is 0 Å². The molecule has 0 amide bonds. The number of aromatic nitrogens is 3. The standard InChI is InChI=1S/C9H6BrClF3N3/c1-4-7-8(5(10)2-6(11)15-7)17(16-4)3-9(12,13)14/h2H,3H2,1H3. The van der Waals surface area contributed by atoms with Crippen molar-refractivity contribution in [2.24, 2.45) is 0 Å². The van der Waals surface area contributed by atoms with E-state index in [-0.39, 0.29) is 5.15 Å². The zero-order chi connectivity index (χ0) is 12.8. The van der Waals surface area contributed by atoms with Crippen LogP contribution < -0.4 is 0 Å². The molecule has 0 unspecified atom stereocenters. The van der Waals surface area contributed by atoms with E-state index in [0.717, 1.165) is 4.68 Å². The average Bonchev–Trinajstić information content (AvgIpc) is 2.39. The Morgan fingerprint density at radius 3 is 2.71 bits per heavy atom. The first-order chi connectivity index (χ1) is 7.78. The predicted molar refractivity (Wildman–Crippen MR) is 61.0 cm³/mol. The van der Waals surface area contributed by atoms with Gasteiger partial charge >= 0.3 is 6.18 Å². The van der Waals surface area contributed by atoms with Crippen LogP contribution in [0.4, 0.5) is 13.2 Å². The first-order valence-electron chi connectivity index (χ1n) is 4.54. The Balaban J connectivity index is 2.66. The van der Waals surface area contributed by atoms with Gasteiger partial charge < -0.3 is 0 Å². The SMILES string of the molecule is Cc1nn(CC(F)(F)F)c2c(Br)cc(Cl)nc12. The van der Waals surface area contributed by atoms with E-state index >= 15 is 0 Å². The number of rotatable bonds is 1. The molecule has 2 heterocycles. The first-order valence-corrected chi connectivity index (χ1v) is 5.71. The Kier molecular flexibility index (Phi) is 3.07. The molecule has 0 fully saturated rings. The number of hydrogen-bond acceptors (Lipinski definition) is 2. The molecule has 0 saturated carbocycles. The summed E-state index contributed by atoms with van der Waals surface area (Å²) >= 11 is 8.90. The third-order valence-electron chi connectivity index (χ3n) is 2.12. The first kappa shape index (κ1) is 12.6. The molecule has 0 atom stereocenters. The van der Waals surface area contributed by atoms with Gasteiger partial charge in [0, 0.05) is 4.47 Å². The molecule has 0 aliphatic carbocycles. The summed E-state index contributed by atoms with van der Waals surface area (Å²) in [6.07, 6.45) is -4.33. The van der Waals surface area contributed by atoms with Crippen molar-refractivity contribution in [3.63, 3.8) is 0 Å². The smallest absolute Gasteiger partial charge is 0.253 e. The number of aryl methyl sites for hydroxylation is 1. The summed E-state index contributed by atoms with van der Waals surface area (Å²) in [6, 6.07) is 1.44. The van der Waals surface area contributed by atoms with Crippen molar-refractivity contribution < 1.29 is 13.2 Å². The van der Waals surface area contributed by atoms with Gasteiger partial charge in [0.25, 0.3) is 0 Å². The molecule has 0 aliphatic heterocycles. The Bertz CT molecular complexity index is 579. The van der Waals surface area contributed by atoms with Crippen molar-refractivity contribution in [3.05, 3.63) is 21.4 Å². The topological polar surface area (TPSA) is 30.7 Å². The van der Waals surface area contributed by atoms with E-state index in [1.807, 2.05) is 0 Å². The van der Waals surface area contributed by atoms with E-state index in [1.54, 1.807) is 6.92 Å². The van der Waals surface area contributed by atoms with Crippen LogP contribution in [0.25, 0.3) is 11.0 Å². The molecule has 2 aromatic heterocycles. The maximum atomic E-state index is 12.4. The summed E-state index contributed by atoms with van der Waals surface area (Å²) in [6.45, 7) is 0.435. The number of pyridine rings is 1. The molecular formula is C9H6BrClF3N3. The fourth-order valence-corrected chi connectivity index (χ4v) is 2.47. The van der Waals surface area contributed by atoms with Gasteiger partial charge in [-0.05, 0) is 28.9 Å². The van der Waals surface area contributed by atoms with Crippen LogP contribution in [0.15, 0.2) is 10.5 Å². The minimum atomic E-state index is -4.33. The van der Waals surface area contributed by atoms with Crippen LogP contribution in [-0.4, -0.2) is 20.9 Å². The molecule has 0 saturated heterocycles. The molecule has 2 aromatic rings. The molecule has 3 nitrogen and oxygen atoms in total. The van der Waals surface area contributed by atoms with Crippen molar-refractivity contribution in [2.45, 2.75) is 19.6 Å². The minimum Gasteiger partial charge on any atom is -0.253 e. The van der Waals surface area contributed by atoms with E-state index in [4.69, 9.17) is 11.6 Å².